The quantitative estimate of drug-likeness (QED) is 0.323. The van der Waals surface area contributed by atoms with Gasteiger partial charge in [0.25, 0.3) is 0 Å². The highest BCUT2D eigenvalue weighted by Gasteiger charge is 2.54. The summed E-state index contributed by atoms with van der Waals surface area (Å²) >= 11 is 0. The lowest BCUT2D eigenvalue weighted by molar-refractivity contribution is -0.174. The van der Waals surface area contributed by atoms with Gasteiger partial charge < -0.3 is 30.0 Å². The molecule has 0 spiro atoms. The number of aliphatic hydroxyl groups is 1. The van der Waals surface area contributed by atoms with E-state index in [1.807, 2.05) is 38.3 Å². The molecule has 2 aliphatic rings. The number of dihydropyridines is 1. The van der Waals surface area contributed by atoms with Gasteiger partial charge in [0.1, 0.15) is 16.9 Å². The van der Waals surface area contributed by atoms with Crippen molar-refractivity contribution in [1.82, 2.24) is 5.32 Å². The predicted octanol–water partition coefficient (Wildman–Crippen LogP) is 2.84. The number of allylic oxidation sites excluding steroid dienone is 2. The number of benzene rings is 1. The number of aliphatic hydroxyl groups excluding tert-OH is 1. The van der Waals surface area contributed by atoms with Gasteiger partial charge >= 0.3 is 11.6 Å². The molecule has 0 aliphatic carbocycles. The molecule has 8 heteroatoms. The Labute approximate surface area is 197 Å². The van der Waals surface area contributed by atoms with Crippen molar-refractivity contribution in [3.63, 3.8) is 0 Å². The number of carbonyl (C=O) groups is 1. The third-order valence-electron chi connectivity index (χ3n) is 6.49. The van der Waals surface area contributed by atoms with E-state index in [0.29, 0.717) is 29.7 Å². The number of carbonyl (C=O) groups excluding carboxylic acids is 1. The van der Waals surface area contributed by atoms with Crippen LogP contribution in [-0.2, 0) is 16.0 Å². The molecule has 8 nitrogen and oxygen atoms in total. The lowest BCUT2D eigenvalue weighted by atomic mass is 9.77. The SMILES string of the molecule is CC=C(CCO)C(=O)OC(C)(C)C1(CC2=CNC(N)C=C2)Cc2cc3ccc(=O)oc3cc2O1. The molecule has 3 heterocycles. The molecule has 0 fully saturated rings. The summed E-state index contributed by atoms with van der Waals surface area (Å²) in [6, 6.07) is 6.76. The van der Waals surface area contributed by atoms with Gasteiger partial charge in [0.05, 0.1) is 6.17 Å². The third-order valence-corrected chi connectivity index (χ3v) is 6.49. The Morgan fingerprint density at radius 1 is 1.38 bits per heavy atom. The second-order valence-corrected chi connectivity index (χ2v) is 9.16. The monoisotopic (exact) mass is 466 g/mol. The lowest BCUT2D eigenvalue weighted by Gasteiger charge is -2.43. The van der Waals surface area contributed by atoms with Crippen molar-refractivity contribution in [2.45, 2.75) is 57.4 Å². The molecule has 4 N–H and O–H groups in total. The number of esters is 1. The molecule has 180 valence electrons. The van der Waals surface area contributed by atoms with E-state index in [1.165, 1.54) is 6.07 Å². The van der Waals surface area contributed by atoms with E-state index < -0.39 is 22.8 Å². The summed E-state index contributed by atoms with van der Waals surface area (Å²) in [5.74, 6) is 0.0857. The minimum Gasteiger partial charge on any atom is -0.482 e. The minimum atomic E-state index is -1.06. The molecular weight excluding hydrogens is 436 g/mol. The highest BCUT2D eigenvalue weighted by Crippen LogP contribution is 2.47. The van der Waals surface area contributed by atoms with Crippen LogP contribution in [0, 0.1) is 0 Å². The summed E-state index contributed by atoms with van der Waals surface area (Å²) in [5.41, 5.74) is 6.16. The van der Waals surface area contributed by atoms with Crippen molar-refractivity contribution in [2.24, 2.45) is 5.73 Å². The van der Waals surface area contributed by atoms with Gasteiger partial charge in [0, 0.05) is 55.2 Å². The standard InChI is InChI=1S/C26H30N2O6/c1-4-17(9-10-29)24(31)34-25(2,3)26(13-16-5-7-22(27)28-15-16)14-19-11-18-6-8-23(30)32-20(18)12-21(19)33-26/h4-8,11-12,15,22,28-29H,9-10,13-14,27H2,1-3H3. The molecule has 2 aliphatic heterocycles. The van der Waals surface area contributed by atoms with E-state index in [-0.39, 0.29) is 19.2 Å². The summed E-state index contributed by atoms with van der Waals surface area (Å²) < 4.78 is 17.9. The number of nitrogens with two attached hydrogens (primary N) is 1. The van der Waals surface area contributed by atoms with Crippen LogP contribution in [0.1, 0.15) is 39.2 Å². The lowest BCUT2D eigenvalue weighted by Crippen LogP contribution is -2.56. The molecule has 34 heavy (non-hydrogen) atoms. The Morgan fingerprint density at radius 3 is 2.85 bits per heavy atom. The molecule has 0 bridgehead atoms. The molecule has 2 aromatic rings. The third kappa shape index (κ3) is 4.51. The first kappa shape index (κ1) is 23.8. The van der Waals surface area contributed by atoms with Gasteiger partial charge in [-0.05, 0) is 50.1 Å². The number of hydrogen-bond donors (Lipinski definition) is 3. The average Bonchev–Trinajstić information content (AvgIpc) is 3.15. The number of rotatable bonds is 7. The van der Waals surface area contributed by atoms with Crippen LogP contribution in [-0.4, -0.2) is 35.1 Å². The molecular formula is C26H30N2O6. The second kappa shape index (κ2) is 9.12. The van der Waals surface area contributed by atoms with Crippen molar-refractivity contribution in [2.75, 3.05) is 6.61 Å². The molecule has 0 radical (unpaired) electrons. The van der Waals surface area contributed by atoms with Crippen molar-refractivity contribution < 1.29 is 23.8 Å². The highest BCUT2D eigenvalue weighted by atomic mass is 16.6. The van der Waals surface area contributed by atoms with E-state index in [2.05, 4.69) is 5.32 Å². The molecule has 0 amide bonds. The van der Waals surface area contributed by atoms with Crippen molar-refractivity contribution in [1.29, 1.82) is 0 Å². The van der Waals surface area contributed by atoms with Gasteiger partial charge in [-0.3, -0.25) is 0 Å². The molecule has 1 aromatic carbocycles. The van der Waals surface area contributed by atoms with Crippen LogP contribution in [0.5, 0.6) is 5.75 Å². The van der Waals surface area contributed by atoms with Crippen LogP contribution >= 0.6 is 0 Å². The van der Waals surface area contributed by atoms with Crippen LogP contribution in [0.25, 0.3) is 11.0 Å². The zero-order valence-electron chi connectivity index (χ0n) is 19.6. The maximum Gasteiger partial charge on any atom is 0.336 e. The first-order valence-electron chi connectivity index (χ1n) is 11.3. The number of fused-ring (bicyclic) bond motifs is 2. The molecule has 0 saturated heterocycles. The van der Waals surface area contributed by atoms with Gasteiger partial charge in [-0.2, -0.15) is 0 Å². The summed E-state index contributed by atoms with van der Waals surface area (Å²) in [6.07, 6.45) is 8.13. The van der Waals surface area contributed by atoms with Gasteiger partial charge in [-0.25, -0.2) is 9.59 Å². The Kier molecular flexibility index (Phi) is 6.38. The van der Waals surface area contributed by atoms with E-state index in [4.69, 9.17) is 19.6 Å². The van der Waals surface area contributed by atoms with E-state index in [1.54, 1.807) is 25.1 Å². The van der Waals surface area contributed by atoms with Gasteiger partial charge in [-0.15, -0.1) is 0 Å². The average molecular weight is 467 g/mol. The maximum absolute atomic E-state index is 13.0. The van der Waals surface area contributed by atoms with E-state index in [9.17, 15) is 14.7 Å². The zero-order chi connectivity index (χ0) is 24.5. The van der Waals surface area contributed by atoms with Crippen molar-refractivity contribution >= 4 is 16.9 Å². The van der Waals surface area contributed by atoms with Crippen LogP contribution in [0.3, 0.4) is 0 Å². The number of ether oxygens (including phenoxy) is 2. The van der Waals surface area contributed by atoms with Gasteiger partial charge in [-0.1, -0.05) is 12.2 Å². The van der Waals surface area contributed by atoms with Crippen molar-refractivity contribution in [3.05, 3.63) is 75.8 Å². The first-order valence-corrected chi connectivity index (χ1v) is 11.3. The zero-order valence-corrected chi connectivity index (χ0v) is 19.6. The molecule has 1 aromatic heterocycles. The number of hydrogen-bond acceptors (Lipinski definition) is 8. The molecule has 4 rings (SSSR count). The second-order valence-electron chi connectivity index (χ2n) is 9.16. The fourth-order valence-electron chi connectivity index (χ4n) is 4.43. The van der Waals surface area contributed by atoms with Crippen LogP contribution in [0.2, 0.25) is 0 Å². The van der Waals surface area contributed by atoms with Crippen LogP contribution < -0.4 is 21.4 Å². The minimum absolute atomic E-state index is 0.149. The molecule has 0 saturated carbocycles. The van der Waals surface area contributed by atoms with E-state index >= 15 is 0 Å². The van der Waals surface area contributed by atoms with E-state index in [0.717, 1.165) is 16.5 Å². The fourth-order valence-corrected chi connectivity index (χ4v) is 4.43. The normalized spacial score (nSPS) is 22.1. The largest absolute Gasteiger partial charge is 0.482 e. The Morgan fingerprint density at radius 2 is 2.18 bits per heavy atom. The summed E-state index contributed by atoms with van der Waals surface area (Å²) in [5, 5.41) is 13.2. The topological polar surface area (TPSA) is 124 Å². The first-order chi connectivity index (χ1) is 16.2. The smallest absolute Gasteiger partial charge is 0.336 e. The summed E-state index contributed by atoms with van der Waals surface area (Å²) in [4.78, 5) is 24.7. The summed E-state index contributed by atoms with van der Waals surface area (Å²) in [6.45, 7) is 5.25. The molecule has 2 unspecified atom stereocenters. The molecule has 2 atom stereocenters. The Hall–Kier alpha value is -3.36. The highest BCUT2D eigenvalue weighted by molar-refractivity contribution is 5.88. The maximum atomic E-state index is 13.0. The Bertz CT molecular complexity index is 1260. The van der Waals surface area contributed by atoms with Gasteiger partial charge in [0.2, 0.25) is 0 Å². The predicted molar refractivity (Wildman–Crippen MR) is 128 cm³/mol. The Balaban J connectivity index is 1.73. The number of nitrogens with one attached hydrogen (secondary N) is 1. The summed E-state index contributed by atoms with van der Waals surface area (Å²) in [7, 11) is 0. The van der Waals surface area contributed by atoms with Crippen LogP contribution in [0.15, 0.2) is 69.1 Å². The van der Waals surface area contributed by atoms with Crippen LogP contribution in [0.4, 0.5) is 0 Å². The van der Waals surface area contributed by atoms with Gasteiger partial charge in [0.15, 0.2) is 5.60 Å². The van der Waals surface area contributed by atoms with Crippen molar-refractivity contribution in [3.8, 4) is 5.75 Å². The fraction of sp³-hybridized carbons (Fsp3) is 0.385.